The molecule has 0 bridgehead atoms. The predicted octanol–water partition coefficient (Wildman–Crippen LogP) is 1.89. The number of methoxy groups -OCH3 is 1. The van der Waals surface area contributed by atoms with E-state index in [1.807, 2.05) is 60.7 Å². The van der Waals surface area contributed by atoms with E-state index >= 15 is 0 Å². The number of fused-ring (bicyclic) bond motifs is 1. The molecule has 1 atom stereocenters. The maximum absolute atomic E-state index is 13.3. The molecule has 0 spiro atoms. The Bertz CT molecular complexity index is 1140. The van der Waals surface area contributed by atoms with E-state index in [9.17, 15) is 9.59 Å². The molecular weight excluding hydrogens is 390 g/mol. The van der Waals surface area contributed by atoms with E-state index in [1.165, 1.54) is 9.80 Å². The van der Waals surface area contributed by atoms with Gasteiger partial charge in [0, 0.05) is 0 Å². The van der Waals surface area contributed by atoms with Crippen molar-refractivity contribution in [3.05, 3.63) is 66.7 Å². The third kappa shape index (κ3) is 3.53. The summed E-state index contributed by atoms with van der Waals surface area (Å²) in [5.74, 6) is 0.673. The third-order valence-corrected chi connectivity index (χ3v) is 6.46. The molecule has 2 saturated heterocycles. The molecule has 6 nitrogen and oxygen atoms in total. The van der Waals surface area contributed by atoms with E-state index in [-0.39, 0.29) is 24.3 Å². The summed E-state index contributed by atoms with van der Waals surface area (Å²) in [5, 5.41) is 2.13. The van der Waals surface area contributed by atoms with Crippen molar-refractivity contribution in [3.63, 3.8) is 0 Å². The molecule has 2 aliphatic heterocycles. The highest BCUT2D eigenvalue weighted by atomic mass is 16.5. The second-order valence-corrected chi connectivity index (χ2v) is 8.17. The number of nitrogens with zero attached hydrogens (tertiary/aromatic N) is 2. The number of benzene rings is 3. The summed E-state index contributed by atoms with van der Waals surface area (Å²) in [6.07, 6.45) is 0.273. The standard InChI is InChI=1S/C25H25N3O3/c1-31-23-9-5-4-8-21(23)26-12-14-27(15-13-26)22-17-24(29)28(25(22)30)20-11-10-18-6-2-3-7-19(18)16-20/h2-11,16,22H,12-15,17H2,1H3/p+1/t22-/m1/s1. The Labute approximate surface area is 181 Å². The lowest BCUT2D eigenvalue weighted by molar-refractivity contribution is -0.915. The molecule has 158 valence electrons. The molecule has 0 saturated carbocycles. The lowest BCUT2D eigenvalue weighted by Gasteiger charge is -2.36. The van der Waals surface area contributed by atoms with Crippen molar-refractivity contribution in [1.29, 1.82) is 0 Å². The van der Waals surface area contributed by atoms with Crippen LogP contribution in [-0.2, 0) is 9.59 Å². The van der Waals surface area contributed by atoms with Crippen LogP contribution >= 0.6 is 0 Å². The van der Waals surface area contributed by atoms with E-state index in [2.05, 4.69) is 11.0 Å². The van der Waals surface area contributed by atoms with E-state index in [4.69, 9.17) is 4.74 Å². The summed E-state index contributed by atoms with van der Waals surface area (Å²) >= 11 is 0. The molecule has 0 radical (unpaired) electrons. The van der Waals surface area contributed by atoms with Crippen LogP contribution in [0, 0.1) is 0 Å². The Morgan fingerprint density at radius 1 is 0.903 bits per heavy atom. The molecule has 5 rings (SSSR count). The molecule has 2 amide bonds. The summed E-state index contributed by atoms with van der Waals surface area (Å²) in [6.45, 7) is 3.27. The Kier molecular flexibility index (Phi) is 5.08. The van der Waals surface area contributed by atoms with Crippen LogP contribution < -0.4 is 19.4 Å². The summed E-state index contributed by atoms with van der Waals surface area (Å²) in [7, 11) is 1.69. The fraction of sp³-hybridized carbons (Fsp3) is 0.280. The van der Waals surface area contributed by atoms with Gasteiger partial charge in [-0.3, -0.25) is 9.59 Å². The lowest BCUT2D eigenvalue weighted by atomic mass is 10.1. The average molecular weight is 417 g/mol. The summed E-state index contributed by atoms with van der Waals surface area (Å²) in [4.78, 5) is 30.9. The minimum Gasteiger partial charge on any atom is -0.495 e. The second-order valence-electron chi connectivity index (χ2n) is 8.17. The van der Waals surface area contributed by atoms with Crippen molar-refractivity contribution in [3.8, 4) is 5.75 Å². The van der Waals surface area contributed by atoms with Gasteiger partial charge in [-0.05, 0) is 35.0 Å². The van der Waals surface area contributed by atoms with Crippen molar-refractivity contribution in [2.24, 2.45) is 0 Å². The number of piperazine rings is 1. The first-order valence-electron chi connectivity index (χ1n) is 10.7. The van der Waals surface area contributed by atoms with Crippen LogP contribution in [0.1, 0.15) is 6.42 Å². The van der Waals surface area contributed by atoms with Gasteiger partial charge in [0.1, 0.15) is 5.75 Å². The number of rotatable bonds is 4. The van der Waals surface area contributed by atoms with E-state index in [0.717, 1.165) is 48.4 Å². The zero-order valence-electron chi connectivity index (χ0n) is 17.6. The molecule has 2 heterocycles. The van der Waals surface area contributed by atoms with Crippen LogP contribution in [0.2, 0.25) is 0 Å². The van der Waals surface area contributed by atoms with Crippen molar-refractivity contribution in [2.75, 3.05) is 43.1 Å². The van der Waals surface area contributed by atoms with E-state index in [0.29, 0.717) is 5.69 Å². The van der Waals surface area contributed by atoms with Gasteiger partial charge in [-0.15, -0.1) is 0 Å². The van der Waals surface area contributed by atoms with Crippen molar-refractivity contribution in [1.82, 2.24) is 0 Å². The van der Waals surface area contributed by atoms with Gasteiger partial charge in [0.25, 0.3) is 5.91 Å². The topological polar surface area (TPSA) is 54.3 Å². The number of hydrogen-bond acceptors (Lipinski definition) is 4. The van der Waals surface area contributed by atoms with Crippen LogP contribution in [0.15, 0.2) is 66.7 Å². The average Bonchev–Trinajstić information content (AvgIpc) is 3.12. The number of imide groups is 1. The van der Waals surface area contributed by atoms with Crippen LogP contribution in [0.25, 0.3) is 10.8 Å². The molecule has 0 aliphatic carbocycles. The first-order valence-corrected chi connectivity index (χ1v) is 10.7. The number of carbonyl (C=O) groups excluding carboxylic acids is 2. The minimum absolute atomic E-state index is 0.0824. The molecule has 3 aromatic carbocycles. The van der Waals surface area contributed by atoms with Crippen LogP contribution in [0.5, 0.6) is 5.75 Å². The molecule has 3 aromatic rings. The molecular formula is C25H26N3O3+. The molecule has 0 unspecified atom stereocenters. The lowest BCUT2D eigenvalue weighted by Crippen LogP contribution is -3.19. The minimum atomic E-state index is -0.307. The fourth-order valence-electron chi connectivity index (χ4n) is 4.81. The number of carbonyl (C=O) groups is 2. The third-order valence-electron chi connectivity index (χ3n) is 6.46. The first-order chi connectivity index (χ1) is 15.2. The zero-order chi connectivity index (χ0) is 21.4. The molecule has 31 heavy (non-hydrogen) atoms. The molecule has 0 aromatic heterocycles. The maximum Gasteiger partial charge on any atom is 0.292 e. The van der Waals surface area contributed by atoms with Gasteiger partial charge in [-0.25, -0.2) is 4.90 Å². The Hall–Kier alpha value is -3.38. The van der Waals surface area contributed by atoms with E-state index in [1.54, 1.807) is 7.11 Å². The normalized spacial score (nSPS) is 20.0. The number of amides is 2. The summed E-state index contributed by atoms with van der Waals surface area (Å²) in [6, 6.07) is 21.5. The van der Waals surface area contributed by atoms with Gasteiger partial charge in [-0.2, -0.15) is 0 Å². The Morgan fingerprint density at radius 2 is 1.61 bits per heavy atom. The van der Waals surface area contributed by atoms with Crippen LogP contribution in [0.4, 0.5) is 11.4 Å². The highest BCUT2D eigenvalue weighted by Crippen LogP contribution is 2.28. The fourth-order valence-corrected chi connectivity index (χ4v) is 4.81. The summed E-state index contributed by atoms with van der Waals surface area (Å²) < 4.78 is 5.50. The maximum atomic E-state index is 13.3. The number of anilines is 2. The quantitative estimate of drug-likeness (QED) is 0.660. The highest BCUT2D eigenvalue weighted by Gasteiger charge is 2.46. The zero-order valence-corrected chi connectivity index (χ0v) is 17.6. The molecule has 2 aliphatic rings. The smallest absolute Gasteiger partial charge is 0.292 e. The van der Waals surface area contributed by atoms with Gasteiger partial charge in [-0.1, -0.05) is 42.5 Å². The Morgan fingerprint density at radius 3 is 2.39 bits per heavy atom. The summed E-state index contributed by atoms with van der Waals surface area (Å²) in [5.41, 5.74) is 1.75. The monoisotopic (exact) mass is 416 g/mol. The molecule has 2 fully saturated rings. The number of nitrogens with one attached hydrogen (secondary N) is 1. The predicted molar refractivity (Wildman–Crippen MR) is 121 cm³/mol. The largest absolute Gasteiger partial charge is 0.495 e. The number of quaternary nitrogens is 1. The van der Waals surface area contributed by atoms with Crippen molar-refractivity contribution in [2.45, 2.75) is 12.5 Å². The number of para-hydroxylation sites is 2. The molecule has 6 heteroatoms. The first kappa shape index (κ1) is 19.6. The van der Waals surface area contributed by atoms with Crippen molar-refractivity contribution < 1.29 is 19.2 Å². The number of ether oxygens (including phenoxy) is 1. The highest BCUT2D eigenvalue weighted by molar-refractivity contribution is 6.22. The van der Waals surface area contributed by atoms with Gasteiger partial charge in [0.15, 0.2) is 6.04 Å². The van der Waals surface area contributed by atoms with Gasteiger partial charge < -0.3 is 14.5 Å². The van der Waals surface area contributed by atoms with E-state index < -0.39 is 0 Å². The molecule has 1 N–H and O–H groups in total. The Balaban J connectivity index is 1.31. The SMILES string of the molecule is COc1ccccc1N1CC[NH+]([C@@H]2CC(=O)N(c3ccc4ccccc4c3)C2=O)CC1. The second kappa shape index (κ2) is 8.04. The van der Waals surface area contributed by atoms with Crippen LogP contribution in [-0.4, -0.2) is 51.1 Å². The van der Waals surface area contributed by atoms with Crippen molar-refractivity contribution >= 4 is 34.0 Å². The van der Waals surface area contributed by atoms with Crippen LogP contribution in [0.3, 0.4) is 0 Å². The van der Waals surface area contributed by atoms with Gasteiger partial charge in [0.2, 0.25) is 5.91 Å². The van der Waals surface area contributed by atoms with Gasteiger partial charge >= 0.3 is 0 Å². The van der Waals surface area contributed by atoms with Gasteiger partial charge in [0.05, 0.1) is 51.1 Å². The number of hydrogen-bond donors (Lipinski definition) is 1.